The van der Waals surface area contributed by atoms with Crippen LogP contribution in [0.5, 0.6) is 0 Å². The molecule has 72 valence electrons. The van der Waals surface area contributed by atoms with Crippen molar-refractivity contribution < 1.29 is 14.3 Å². The maximum Gasteiger partial charge on any atom is 0.214 e. The van der Waals surface area contributed by atoms with Crippen LogP contribution in [0.1, 0.15) is 10.5 Å². The van der Waals surface area contributed by atoms with Crippen LogP contribution < -0.4 is 5.11 Å². The maximum atomic E-state index is 12.7. The third-order valence-electron chi connectivity index (χ3n) is 1.85. The van der Waals surface area contributed by atoms with E-state index in [2.05, 4.69) is 10.1 Å². The van der Waals surface area contributed by atoms with Crippen LogP contribution in [0.3, 0.4) is 0 Å². The average molecular weight is 194 g/mol. The summed E-state index contributed by atoms with van der Waals surface area (Å²) in [6.45, 7) is 0. The largest absolute Gasteiger partial charge is 0.543 e. The molecule has 0 atom stereocenters. The van der Waals surface area contributed by atoms with Crippen molar-refractivity contribution in [2.75, 3.05) is 0 Å². The van der Waals surface area contributed by atoms with Crippen LogP contribution >= 0.6 is 0 Å². The average Bonchev–Trinajstić information content (AvgIpc) is 2.44. The van der Waals surface area contributed by atoms with E-state index in [1.54, 1.807) is 0 Å². The Kier molecular flexibility index (Phi) is 1.70. The van der Waals surface area contributed by atoms with Crippen molar-refractivity contribution >= 4 is 17.0 Å². The molecule has 0 aliphatic rings. The quantitative estimate of drug-likeness (QED) is 0.572. The fourth-order valence-electron chi connectivity index (χ4n) is 1.26. The van der Waals surface area contributed by atoms with E-state index in [-0.39, 0.29) is 16.7 Å². The van der Waals surface area contributed by atoms with Crippen LogP contribution in [0.2, 0.25) is 0 Å². The number of aromatic nitrogens is 3. The van der Waals surface area contributed by atoms with Gasteiger partial charge in [0.2, 0.25) is 5.95 Å². The van der Waals surface area contributed by atoms with Gasteiger partial charge in [-0.1, -0.05) is 0 Å². The molecule has 0 spiro atoms. The van der Waals surface area contributed by atoms with E-state index in [0.29, 0.717) is 0 Å². The number of hydrogen-bond acceptors (Lipinski definition) is 4. The predicted octanol–water partition coefficient (Wildman–Crippen LogP) is -0.529. The molecule has 6 heteroatoms. The summed E-state index contributed by atoms with van der Waals surface area (Å²) in [7, 11) is 1.49. The molecule has 14 heavy (non-hydrogen) atoms. The van der Waals surface area contributed by atoms with Crippen molar-refractivity contribution in [3.8, 4) is 0 Å². The topological polar surface area (TPSA) is 70.8 Å². The summed E-state index contributed by atoms with van der Waals surface area (Å²) in [5, 5.41) is 14.5. The summed E-state index contributed by atoms with van der Waals surface area (Å²) in [5.74, 6) is -2.07. The normalized spacial score (nSPS) is 10.7. The SMILES string of the molecule is Cn1nc(C(=O)[O-])c2ccc(F)nc21. The summed E-state index contributed by atoms with van der Waals surface area (Å²) in [6, 6.07) is 2.40. The first-order valence-corrected chi connectivity index (χ1v) is 3.80. The number of carbonyl (C=O) groups excluding carboxylic acids is 1. The number of hydrogen-bond donors (Lipinski definition) is 0. The molecular weight excluding hydrogens is 189 g/mol. The highest BCUT2D eigenvalue weighted by Crippen LogP contribution is 2.15. The Morgan fingerprint density at radius 3 is 2.93 bits per heavy atom. The molecule has 0 N–H and O–H groups in total. The van der Waals surface area contributed by atoms with Crippen LogP contribution in [0.4, 0.5) is 4.39 Å². The molecule has 0 unspecified atom stereocenters. The fraction of sp³-hybridized carbons (Fsp3) is 0.125. The number of pyridine rings is 1. The molecule has 2 heterocycles. The van der Waals surface area contributed by atoms with Gasteiger partial charge in [-0.05, 0) is 12.1 Å². The van der Waals surface area contributed by atoms with Crippen molar-refractivity contribution in [3.05, 3.63) is 23.8 Å². The van der Waals surface area contributed by atoms with Crippen molar-refractivity contribution in [1.82, 2.24) is 14.8 Å². The molecule has 0 fully saturated rings. The summed E-state index contributed by atoms with van der Waals surface area (Å²) >= 11 is 0. The molecule has 0 aromatic carbocycles. The van der Waals surface area contributed by atoms with Gasteiger partial charge in [-0.3, -0.25) is 0 Å². The molecule has 0 aliphatic heterocycles. The van der Waals surface area contributed by atoms with Gasteiger partial charge in [-0.2, -0.15) is 14.5 Å². The fourth-order valence-corrected chi connectivity index (χ4v) is 1.26. The van der Waals surface area contributed by atoms with Gasteiger partial charge in [0.15, 0.2) is 5.65 Å². The van der Waals surface area contributed by atoms with Crippen molar-refractivity contribution in [2.24, 2.45) is 7.05 Å². The minimum atomic E-state index is -1.40. The van der Waals surface area contributed by atoms with Crippen molar-refractivity contribution in [2.45, 2.75) is 0 Å². The molecule has 0 radical (unpaired) electrons. The van der Waals surface area contributed by atoms with Crippen LogP contribution in [0.15, 0.2) is 12.1 Å². The van der Waals surface area contributed by atoms with Gasteiger partial charge in [0.25, 0.3) is 0 Å². The Labute approximate surface area is 77.8 Å². The third kappa shape index (κ3) is 1.12. The van der Waals surface area contributed by atoms with Crippen molar-refractivity contribution in [1.29, 1.82) is 0 Å². The van der Waals surface area contributed by atoms with Crippen LogP contribution in [0, 0.1) is 5.95 Å². The standard InChI is InChI=1S/C8H6FN3O2/c1-12-7-4(2-3-5(9)10-7)6(11-12)8(13)14/h2-3H,1H3,(H,13,14)/p-1. The highest BCUT2D eigenvalue weighted by atomic mass is 19.1. The zero-order chi connectivity index (χ0) is 10.3. The summed E-state index contributed by atoms with van der Waals surface area (Å²) in [6.07, 6.45) is 0. The minimum Gasteiger partial charge on any atom is -0.543 e. The van der Waals surface area contributed by atoms with Crippen LogP contribution in [-0.4, -0.2) is 20.7 Å². The number of aromatic carboxylic acids is 1. The molecule has 2 rings (SSSR count). The first kappa shape index (κ1) is 8.61. The smallest absolute Gasteiger partial charge is 0.214 e. The number of carboxylic acid groups (broad SMARTS) is 1. The second kappa shape index (κ2) is 2.76. The number of carbonyl (C=O) groups is 1. The zero-order valence-corrected chi connectivity index (χ0v) is 7.19. The monoisotopic (exact) mass is 194 g/mol. The lowest BCUT2D eigenvalue weighted by Crippen LogP contribution is -2.23. The Bertz CT molecular complexity index is 521. The first-order chi connectivity index (χ1) is 6.59. The molecule has 2 aromatic heterocycles. The van der Waals surface area contributed by atoms with Gasteiger partial charge in [-0.15, -0.1) is 0 Å². The van der Waals surface area contributed by atoms with E-state index < -0.39 is 11.9 Å². The lowest BCUT2D eigenvalue weighted by molar-refractivity contribution is -0.255. The molecule has 0 aliphatic carbocycles. The Morgan fingerprint density at radius 2 is 2.29 bits per heavy atom. The van der Waals surface area contributed by atoms with E-state index in [4.69, 9.17) is 0 Å². The predicted molar refractivity (Wildman–Crippen MR) is 42.8 cm³/mol. The van der Waals surface area contributed by atoms with E-state index in [0.717, 1.165) is 6.07 Å². The lowest BCUT2D eigenvalue weighted by atomic mass is 10.2. The van der Waals surface area contributed by atoms with E-state index >= 15 is 0 Å². The lowest BCUT2D eigenvalue weighted by Gasteiger charge is -1.95. The number of carboxylic acids is 1. The van der Waals surface area contributed by atoms with Crippen LogP contribution in [-0.2, 0) is 7.05 Å². The van der Waals surface area contributed by atoms with Gasteiger partial charge in [0, 0.05) is 12.4 Å². The molecule has 0 bridgehead atoms. The number of aryl methyl sites for hydroxylation is 1. The number of halogens is 1. The number of fused-ring (bicyclic) bond motifs is 1. The summed E-state index contributed by atoms with van der Waals surface area (Å²) < 4.78 is 13.9. The second-order valence-corrected chi connectivity index (χ2v) is 2.76. The Morgan fingerprint density at radius 1 is 1.57 bits per heavy atom. The first-order valence-electron chi connectivity index (χ1n) is 3.80. The molecule has 2 aromatic rings. The molecule has 0 amide bonds. The second-order valence-electron chi connectivity index (χ2n) is 2.76. The van der Waals surface area contributed by atoms with Gasteiger partial charge in [-0.25, -0.2) is 4.68 Å². The maximum absolute atomic E-state index is 12.7. The van der Waals surface area contributed by atoms with Gasteiger partial charge >= 0.3 is 0 Å². The van der Waals surface area contributed by atoms with Gasteiger partial charge in [0.1, 0.15) is 5.69 Å². The Balaban J connectivity index is 2.84. The third-order valence-corrected chi connectivity index (χ3v) is 1.85. The van der Waals surface area contributed by atoms with E-state index in [9.17, 15) is 14.3 Å². The van der Waals surface area contributed by atoms with Crippen LogP contribution in [0.25, 0.3) is 11.0 Å². The molecular formula is C8H5FN3O2-. The van der Waals surface area contributed by atoms with Crippen molar-refractivity contribution in [3.63, 3.8) is 0 Å². The van der Waals surface area contributed by atoms with Gasteiger partial charge < -0.3 is 9.90 Å². The van der Waals surface area contributed by atoms with E-state index in [1.165, 1.54) is 17.8 Å². The van der Waals surface area contributed by atoms with E-state index in [1.807, 2.05) is 0 Å². The number of rotatable bonds is 1. The Hall–Kier alpha value is -1.98. The summed E-state index contributed by atoms with van der Waals surface area (Å²) in [5.41, 5.74) is -0.0424. The highest BCUT2D eigenvalue weighted by molar-refractivity contribution is 5.98. The number of nitrogens with zero attached hydrogens (tertiary/aromatic N) is 3. The van der Waals surface area contributed by atoms with Gasteiger partial charge in [0.05, 0.1) is 5.97 Å². The highest BCUT2D eigenvalue weighted by Gasteiger charge is 2.10. The molecule has 0 saturated heterocycles. The zero-order valence-electron chi connectivity index (χ0n) is 7.19. The molecule has 0 saturated carbocycles. The molecule has 5 nitrogen and oxygen atoms in total. The minimum absolute atomic E-state index is 0.184. The summed E-state index contributed by atoms with van der Waals surface area (Å²) in [4.78, 5) is 14.1.